The van der Waals surface area contributed by atoms with Crippen LogP contribution in [0.1, 0.15) is 32.1 Å². The van der Waals surface area contributed by atoms with Crippen LogP contribution in [0.4, 0.5) is 0 Å². The van der Waals surface area contributed by atoms with Crippen LogP contribution in [0.15, 0.2) is 12.2 Å². The number of nitrogens with one attached hydrogen (secondary N) is 1. The number of ether oxygens (including phenoxy) is 1. The number of halogens is 1. The maximum Gasteiger partial charge on any atom is 0.305 e. The molecule has 1 aliphatic heterocycles. The van der Waals surface area contributed by atoms with E-state index in [9.17, 15) is 4.79 Å². The van der Waals surface area contributed by atoms with Crippen molar-refractivity contribution in [1.29, 1.82) is 0 Å². The van der Waals surface area contributed by atoms with Crippen LogP contribution in [-0.2, 0) is 9.53 Å². The molecule has 0 aromatic rings. The van der Waals surface area contributed by atoms with Crippen molar-refractivity contribution in [1.82, 2.24) is 5.32 Å². The first-order chi connectivity index (χ1) is 7.74. The summed E-state index contributed by atoms with van der Waals surface area (Å²) in [5, 5.41) is 3.63. The molecule has 0 aromatic carbocycles. The van der Waals surface area contributed by atoms with Crippen molar-refractivity contribution in [2.45, 2.75) is 43.5 Å². The number of rotatable bonds is 6. The van der Waals surface area contributed by atoms with Crippen molar-refractivity contribution in [3.8, 4) is 0 Å². The average molecular weight is 246 g/mol. The Hall–Kier alpha value is -0.540. The predicted octanol–water partition coefficient (Wildman–Crippen LogP) is 2.25. The molecule has 1 aliphatic rings. The van der Waals surface area contributed by atoms with E-state index in [2.05, 4.69) is 22.2 Å². The average Bonchev–Trinajstić information content (AvgIpc) is 2.69. The summed E-state index contributed by atoms with van der Waals surface area (Å²) >= 11 is 6.12. The minimum Gasteiger partial charge on any atom is -0.469 e. The molecule has 0 aromatic heterocycles. The summed E-state index contributed by atoms with van der Waals surface area (Å²) in [6.07, 6.45) is 8.58. The first kappa shape index (κ1) is 13.5. The minimum absolute atomic E-state index is 0.133. The maximum atomic E-state index is 10.8. The standard InChI is InChI=1S/C12H20ClNO2/c1-16-12(15)7-5-3-2-4-6-11-10(13)8-9-14-11/h2,4,10-11,14H,3,5-9H2,1H3/b4-2-/t10-,11+/m1/s1. The summed E-state index contributed by atoms with van der Waals surface area (Å²) in [5.41, 5.74) is 0. The third-order valence-electron chi connectivity index (χ3n) is 2.80. The van der Waals surface area contributed by atoms with E-state index in [1.807, 2.05) is 0 Å². The van der Waals surface area contributed by atoms with Gasteiger partial charge in [-0.25, -0.2) is 0 Å². The Morgan fingerprint density at radius 1 is 1.56 bits per heavy atom. The summed E-state index contributed by atoms with van der Waals surface area (Å²) in [7, 11) is 1.42. The van der Waals surface area contributed by atoms with E-state index >= 15 is 0 Å². The van der Waals surface area contributed by atoms with Crippen LogP contribution in [0, 0.1) is 0 Å². The number of carbonyl (C=O) groups excluding carboxylic acids is 1. The highest BCUT2D eigenvalue weighted by Crippen LogP contribution is 2.16. The topological polar surface area (TPSA) is 38.3 Å². The monoisotopic (exact) mass is 245 g/mol. The van der Waals surface area contributed by atoms with E-state index in [0.717, 1.165) is 32.2 Å². The minimum atomic E-state index is -0.133. The summed E-state index contributed by atoms with van der Waals surface area (Å²) in [5.74, 6) is -0.133. The third kappa shape index (κ3) is 4.99. The predicted molar refractivity (Wildman–Crippen MR) is 65.7 cm³/mol. The van der Waals surface area contributed by atoms with Crippen LogP contribution in [0.5, 0.6) is 0 Å². The van der Waals surface area contributed by atoms with E-state index in [4.69, 9.17) is 11.6 Å². The highest BCUT2D eigenvalue weighted by Gasteiger charge is 2.22. The van der Waals surface area contributed by atoms with Crippen molar-refractivity contribution in [2.24, 2.45) is 0 Å². The lowest BCUT2D eigenvalue weighted by atomic mass is 10.1. The zero-order valence-corrected chi connectivity index (χ0v) is 10.5. The van der Waals surface area contributed by atoms with Gasteiger partial charge in [0.25, 0.3) is 0 Å². The number of hydrogen-bond donors (Lipinski definition) is 1. The van der Waals surface area contributed by atoms with Gasteiger partial charge in [0.15, 0.2) is 0 Å². The van der Waals surface area contributed by atoms with Gasteiger partial charge in [-0.15, -0.1) is 11.6 Å². The Bertz CT molecular complexity index is 243. The Balaban J connectivity index is 2.02. The second kappa shape index (κ2) is 7.69. The number of methoxy groups -OCH3 is 1. The van der Waals surface area contributed by atoms with Crippen LogP contribution in [0.2, 0.25) is 0 Å². The number of allylic oxidation sites excluding steroid dienone is 1. The first-order valence-electron chi connectivity index (χ1n) is 5.83. The van der Waals surface area contributed by atoms with Crippen molar-refractivity contribution in [3.05, 3.63) is 12.2 Å². The third-order valence-corrected chi connectivity index (χ3v) is 3.32. The molecule has 16 heavy (non-hydrogen) atoms. The first-order valence-corrected chi connectivity index (χ1v) is 6.27. The molecule has 1 fully saturated rings. The summed E-state index contributed by atoms with van der Waals surface area (Å²) in [6, 6.07) is 0.415. The Morgan fingerprint density at radius 2 is 2.38 bits per heavy atom. The number of unbranched alkanes of at least 4 members (excludes halogenated alkanes) is 1. The van der Waals surface area contributed by atoms with Gasteiger partial charge in [-0.1, -0.05) is 12.2 Å². The molecule has 3 nitrogen and oxygen atoms in total. The molecule has 0 amide bonds. The molecule has 0 aliphatic carbocycles. The SMILES string of the molecule is COC(=O)CCC/C=C\C[C@@H]1NCC[C@H]1Cl. The van der Waals surface area contributed by atoms with E-state index in [0.29, 0.717) is 12.5 Å². The van der Waals surface area contributed by atoms with E-state index in [-0.39, 0.29) is 11.3 Å². The van der Waals surface area contributed by atoms with Crippen LogP contribution in [0.25, 0.3) is 0 Å². The van der Waals surface area contributed by atoms with Gasteiger partial charge in [0.2, 0.25) is 0 Å². The van der Waals surface area contributed by atoms with Crippen LogP contribution in [0.3, 0.4) is 0 Å². The van der Waals surface area contributed by atoms with Crippen molar-refractivity contribution < 1.29 is 9.53 Å². The summed E-state index contributed by atoms with van der Waals surface area (Å²) in [6.45, 7) is 1.02. The molecule has 0 radical (unpaired) electrons. The van der Waals surface area contributed by atoms with Gasteiger partial charge in [0.05, 0.1) is 12.5 Å². The molecule has 0 unspecified atom stereocenters. The van der Waals surface area contributed by atoms with E-state index in [1.54, 1.807) is 0 Å². The quantitative estimate of drug-likeness (QED) is 0.338. The molecule has 2 atom stereocenters. The van der Waals surface area contributed by atoms with E-state index in [1.165, 1.54) is 7.11 Å². The van der Waals surface area contributed by atoms with Crippen molar-refractivity contribution in [2.75, 3.05) is 13.7 Å². The fourth-order valence-corrected chi connectivity index (χ4v) is 2.09. The number of esters is 1. The summed E-state index contributed by atoms with van der Waals surface area (Å²) in [4.78, 5) is 10.8. The number of alkyl halides is 1. The second-order valence-corrected chi connectivity index (χ2v) is 4.60. The molecule has 0 saturated carbocycles. The Labute approximate surface area is 102 Å². The van der Waals surface area contributed by atoms with Crippen molar-refractivity contribution >= 4 is 17.6 Å². The molecule has 1 rings (SSSR count). The molecule has 1 heterocycles. The van der Waals surface area contributed by atoms with Crippen LogP contribution >= 0.6 is 11.6 Å². The molecule has 1 saturated heterocycles. The molecule has 1 N–H and O–H groups in total. The normalized spacial score (nSPS) is 25.1. The van der Waals surface area contributed by atoms with Gasteiger partial charge in [0, 0.05) is 12.5 Å². The molecule has 0 bridgehead atoms. The van der Waals surface area contributed by atoms with Crippen LogP contribution in [-0.4, -0.2) is 31.0 Å². The number of hydrogen-bond acceptors (Lipinski definition) is 3. The molecular formula is C12H20ClNO2. The zero-order chi connectivity index (χ0) is 11.8. The van der Waals surface area contributed by atoms with Gasteiger partial charge >= 0.3 is 5.97 Å². The van der Waals surface area contributed by atoms with Crippen molar-refractivity contribution in [3.63, 3.8) is 0 Å². The van der Waals surface area contributed by atoms with Gasteiger partial charge in [-0.3, -0.25) is 4.79 Å². The smallest absolute Gasteiger partial charge is 0.305 e. The Kier molecular flexibility index (Phi) is 6.50. The molecule has 4 heteroatoms. The second-order valence-electron chi connectivity index (χ2n) is 4.04. The number of carbonyl (C=O) groups is 1. The molecular weight excluding hydrogens is 226 g/mol. The van der Waals surface area contributed by atoms with Gasteiger partial charge in [-0.05, 0) is 32.2 Å². The lowest BCUT2D eigenvalue weighted by Gasteiger charge is -2.10. The maximum absolute atomic E-state index is 10.8. The fourth-order valence-electron chi connectivity index (χ4n) is 1.79. The highest BCUT2D eigenvalue weighted by atomic mass is 35.5. The highest BCUT2D eigenvalue weighted by molar-refractivity contribution is 6.21. The van der Waals surface area contributed by atoms with Gasteiger partial charge in [-0.2, -0.15) is 0 Å². The van der Waals surface area contributed by atoms with Crippen LogP contribution < -0.4 is 5.32 Å². The molecule has 92 valence electrons. The molecule has 0 spiro atoms. The summed E-state index contributed by atoms with van der Waals surface area (Å²) < 4.78 is 4.56. The largest absolute Gasteiger partial charge is 0.469 e. The lowest BCUT2D eigenvalue weighted by molar-refractivity contribution is -0.140. The lowest BCUT2D eigenvalue weighted by Crippen LogP contribution is -2.26. The van der Waals surface area contributed by atoms with Gasteiger partial charge in [0.1, 0.15) is 0 Å². The zero-order valence-electron chi connectivity index (χ0n) is 9.75. The fraction of sp³-hybridized carbons (Fsp3) is 0.750. The van der Waals surface area contributed by atoms with Gasteiger partial charge < -0.3 is 10.1 Å². The van der Waals surface area contributed by atoms with E-state index < -0.39 is 0 Å². The Morgan fingerprint density at radius 3 is 3.00 bits per heavy atom.